The molecule has 1 aromatic heterocycles. The van der Waals surface area contributed by atoms with Gasteiger partial charge in [-0.1, -0.05) is 6.07 Å². The SMILES string of the molecule is NNC(CSc1cccc(F)c1)c1cncc(F)c1. The standard InChI is InChI=1S/C13H13F2N3S/c14-10-2-1-3-12(5-10)19-8-13(18-16)9-4-11(15)7-17-6-9/h1-7,13,18H,8,16H2. The first-order chi connectivity index (χ1) is 9.19. The summed E-state index contributed by atoms with van der Waals surface area (Å²) in [5.41, 5.74) is 3.27. The number of nitrogens with two attached hydrogens (primary N) is 1. The van der Waals surface area contributed by atoms with Gasteiger partial charge in [0, 0.05) is 16.8 Å². The molecule has 0 saturated heterocycles. The summed E-state index contributed by atoms with van der Waals surface area (Å²) < 4.78 is 26.1. The zero-order chi connectivity index (χ0) is 13.7. The minimum absolute atomic E-state index is 0.253. The van der Waals surface area contributed by atoms with E-state index in [2.05, 4.69) is 10.4 Å². The van der Waals surface area contributed by atoms with Gasteiger partial charge in [0.05, 0.1) is 12.2 Å². The van der Waals surface area contributed by atoms with Crippen LogP contribution in [0.4, 0.5) is 8.78 Å². The highest BCUT2D eigenvalue weighted by atomic mass is 32.2. The van der Waals surface area contributed by atoms with Crippen LogP contribution in [0.2, 0.25) is 0 Å². The van der Waals surface area contributed by atoms with Crippen LogP contribution in [0.15, 0.2) is 47.6 Å². The number of nitrogens with one attached hydrogen (secondary N) is 1. The van der Waals surface area contributed by atoms with Gasteiger partial charge in [-0.25, -0.2) is 8.78 Å². The highest BCUT2D eigenvalue weighted by Gasteiger charge is 2.11. The van der Waals surface area contributed by atoms with Gasteiger partial charge >= 0.3 is 0 Å². The Morgan fingerprint density at radius 3 is 2.74 bits per heavy atom. The van der Waals surface area contributed by atoms with E-state index in [1.807, 2.05) is 6.07 Å². The molecule has 0 bridgehead atoms. The molecular formula is C13H13F2N3S. The van der Waals surface area contributed by atoms with E-state index in [9.17, 15) is 8.78 Å². The number of hydrogen-bond donors (Lipinski definition) is 2. The molecule has 19 heavy (non-hydrogen) atoms. The molecule has 0 amide bonds. The number of thioether (sulfide) groups is 1. The Balaban J connectivity index is 2.04. The van der Waals surface area contributed by atoms with Crippen molar-refractivity contribution in [3.8, 4) is 0 Å². The molecule has 0 spiro atoms. The maximum atomic E-state index is 13.1. The smallest absolute Gasteiger partial charge is 0.141 e. The molecule has 0 aliphatic heterocycles. The second-order valence-electron chi connectivity index (χ2n) is 3.92. The van der Waals surface area contributed by atoms with Crippen molar-refractivity contribution in [2.75, 3.05) is 5.75 Å². The largest absolute Gasteiger partial charge is 0.271 e. The fourth-order valence-electron chi connectivity index (χ4n) is 1.60. The summed E-state index contributed by atoms with van der Waals surface area (Å²) in [5.74, 6) is 5.32. The normalized spacial score (nSPS) is 12.4. The molecule has 3 nitrogen and oxygen atoms in total. The molecule has 100 valence electrons. The first-order valence-corrected chi connectivity index (χ1v) is 6.62. The molecule has 3 N–H and O–H groups in total. The molecule has 0 radical (unpaired) electrons. The molecule has 0 aliphatic rings. The quantitative estimate of drug-likeness (QED) is 0.502. The van der Waals surface area contributed by atoms with Gasteiger partial charge < -0.3 is 0 Å². The Bertz CT molecular complexity index is 551. The number of halogens is 2. The van der Waals surface area contributed by atoms with Gasteiger partial charge in [0.25, 0.3) is 0 Å². The van der Waals surface area contributed by atoms with E-state index >= 15 is 0 Å². The summed E-state index contributed by atoms with van der Waals surface area (Å²) in [5, 5.41) is 0. The predicted octanol–water partition coefficient (Wildman–Crippen LogP) is 2.66. The topological polar surface area (TPSA) is 50.9 Å². The van der Waals surface area contributed by atoms with Crippen LogP contribution in [-0.4, -0.2) is 10.7 Å². The molecule has 2 rings (SSSR count). The lowest BCUT2D eigenvalue weighted by molar-refractivity contribution is 0.585. The molecule has 6 heteroatoms. The van der Waals surface area contributed by atoms with Crippen molar-refractivity contribution in [1.82, 2.24) is 10.4 Å². The molecule has 0 fully saturated rings. The fourth-order valence-corrected chi connectivity index (χ4v) is 2.61. The van der Waals surface area contributed by atoms with E-state index in [1.165, 1.54) is 30.0 Å². The van der Waals surface area contributed by atoms with Gasteiger partial charge in [-0.05, 0) is 29.8 Å². The lowest BCUT2D eigenvalue weighted by atomic mass is 10.1. The van der Waals surface area contributed by atoms with Crippen LogP contribution in [0.25, 0.3) is 0 Å². The van der Waals surface area contributed by atoms with Gasteiger partial charge in [-0.3, -0.25) is 16.3 Å². The molecule has 1 atom stereocenters. The van der Waals surface area contributed by atoms with Crippen molar-refractivity contribution in [3.63, 3.8) is 0 Å². The highest BCUT2D eigenvalue weighted by Crippen LogP contribution is 2.24. The maximum Gasteiger partial charge on any atom is 0.141 e. The Labute approximate surface area is 114 Å². The Morgan fingerprint density at radius 2 is 2.05 bits per heavy atom. The second-order valence-corrected chi connectivity index (χ2v) is 5.02. The number of pyridine rings is 1. The monoisotopic (exact) mass is 281 g/mol. The van der Waals surface area contributed by atoms with Crippen molar-refractivity contribution in [1.29, 1.82) is 0 Å². The van der Waals surface area contributed by atoms with Crippen LogP contribution in [0.3, 0.4) is 0 Å². The first kappa shape index (κ1) is 13.9. The number of hydrogen-bond acceptors (Lipinski definition) is 4. The van der Waals surface area contributed by atoms with E-state index < -0.39 is 5.82 Å². The van der Waals surface area contributed by atoms with Crippen LogP contribution in [-0.2, 0) is 0 Å². The summed E-state index contributed by atoms with van der Waals surface area (Å²) in [7, 11) is 0. The third-order valence-electron chi connectivity index (χ3n) is 2.54. The van der Waals surface area contributed by atoms with Crippen LogP contribution in [0.1, 0.15) is 11.6 Å². The van der Waals surface area contributed by atoms with Crippen LogP contribution >= 0.6 is 11.8 Å². The molecule has 0 aliphatic carbocycles. The van der Waals surface area contributed by atoms with E-state index in [1.54, 1.807) is 12.3 Å². The van der Waals surface area contributed by atoms with E-state index in [-0.39, 0.29) is 11.9 Å². The van der Waals surface area contributed by atoms with Crippen LogP contribution in [0.5, 0.6) is 0 Å². The average Bonchev–Trinajstić information content (AvgIpc) is 2.40. The highest BCUT2D eigenvalue weighted by molar-refractivity contribution is 7.99. The first-order valence-electron chi connectivity index (χ1n) is 5.64. The summed E-state index contributed by atoms with van der Waals surface area (Å²) in [6.45, 7) is 0. The zero-order valence-corrected chi connectivity index (χ0v) is 10.8. The number of benzene rings is 1. The Morgan fingerprint density at radius 1 is 1.21 bits per heavy atom. The minimum atomic E-state index is -0.409. The van der Waals surface area contributed by atoms with Crippen molar-refractivity contribution in [3.05, 3.63) is 59.9 Å². The van der Waals surface area contributed by atoms with Gasteiger partial charge in [-0.2, -0.15) is 0 Å². The molecule has 1 aromatic carbocycles. The maximum absolute atomic E-state index is 13.1. The second kappa shape index (κ2) is 6.60. The molecule has 2 aromatic rings. The summed E-state index contributed by atoms with van der Waals surface area (Å²) in [4.78, 5) is 4.58. The van der Waals surface area contributed by atoms with Crippen molar-refractivity contribution in [2.24, 2.45) is 5.84 Å². The lowest BCUT2D eigenvalue weighted by Gasteiger charge is -2.15. The van der Waals surface area contributed by atoms with Crippen molar-refractivity contribution < 1.29 is 8.78 Å². The third-order valence-corrected chi connectivity index (χ3v) is 3.63. The molecule has 1 unspecified atom stereocenters. The Hall–Kier alpha value is -1.50. The van der Waals surface area contributed by atoms with E-state index in [0.29, 0.717) is 11.3 Å². The lowest BCUT2D eigenvalue weighted by Crippen LogP contribution is -2.29. The summed E-state index contributed by atoms with van der Waals surface area (Å²) >= 11 is 1.44. The van der Waals surface area contributed by atoms with Gasteiger partial charge in [0.2, 0.25) is 0 Å². The summed E-state index contributed by atoms with van der Waals surface area (Å²) in [6.07, 6.45) is 2.69. The number of rotatable bonds is 5. The van der Waals surface area contributed by atoms with E-state index in [4.69, 9.17) is 5.84 Å². The zero-order valence-electron chi connectivity index (χ0n) is 10.0. The fraction of sp³-hybridized carbons (Fsp3) is 0.154. The van der Waals surface area contributed by atoms with Crippen molar-refractivity contribution in [2.45, 2.75) is 10.9 Å². The Kier molecular flexibility index (Phi) is 4.84. The number of nitrogens with zero attached hydrogens (tertiary/aromatic N) is 1. The van der Waals surface area contributed by atoms with Gasteiger partial charge in [0.1, 0.15) is 11.6 Å². The third kappa shape index (κ3) is 3.99. The van der Waals surface area contributed by atoms with Crippen molar-refractivity contribution >= 4 is 11.8 Å². The molecular weight excluding hydrogens is 268 g/mol. The molecule has 0 saturated carbocycles. The number of hydrazine groups is 1. The summed E-state index contributed by atoms with van der Waals surface area (Å²) in [6, 6.07) is 7.42. The van der Waals surface area contributed by atoms with Gasteiger partial charge in [-0.15, -0.1) is 11.8 Å². The predicted molar refractivity (Wildman–Crippen MR) is 71.4 cm³/mol. The number of aromatic nitrogens is 1. The van der Waals surface area contributed by atoms with E-state index in [0.717, 1.165) is 11.1 Å². The minimum Gasteiger partial charge on any atom is -0.271 e. The van der Waals surface area contributed by atoms with Crippen LogP contribution < -0.4 is 11.3 Å². The average molecular weight is 281 g/mol. The molecule has 1 heterocycles. The van der Waals surface area contributed by atoms with Gasteiger partial charge in [0.15, 0.2) is 0 Å². The van der Waals surface area contributed by atoms with Crippen LogP contribution in [0, 0.1) is 11.6 Å².